The Morgan fingerprint density at radius 3 is 2.60 bits per heavy atom. The molecule has 0 aromatic carbocycles. The third-order valence-electron chi connectivity index (χ3n) is 2.23. The van der Waals surface area contributed by atoms with Crippen LogP contribution in [-0.2, 0) is 0 Å². The van der Waals surface area contributed by atoms with Crippen LogP contribution in [0.15, 0.2) is 12.3 Å². The number of hydrogen-bond donors (Lipinski definition) is 1. The third kappa shape index (κ3) is 2.62. The highest BCUT2D eigenvalue weighted by Crippen LogP contribution is 2.25. The lowest BCUT2D eigenvalue weighted by Crippen LogP contribution is -2.20. The molecular formula is C10H14F2N2O. The molecule has 0 spiro atoms. The Labute approximate surface area is 87.3 Å². The van der Waals surface area contributed by atoms with Gasteiger partial charge in [-0.1, -0.05) is 0 Å². The van der Waals surface area contributed by atoms with Gasteiger partial charge in [0.1, 0.15) is 0 Å². The Balaban J connectivity index is 3.00. The number of ether oxygens (including phenoxy) is 1. The molecule has 1 aromatic heterocycles. The Hall–Kier alpha value is -1.23. The van der Waals surface area contributed by atoms with Crippen LogP contribution in [0.1, 0.15) is 17.0 Å². The van der Waals surface area contributed by atoms with Gasteiger partial charge in [0.15, 0.2) is 0 Å². The van der Waals surface area contributed by atoms with Crippen LogP contribution in [0.2, 0.25) is 0 Å². The summed E-state index contributed by atoms with van der Waals surface area (Å²) in [6.07, 6.45) is -1.08. The van der Waals surface area contributed by atoms with E-state index in [0.717, 1.165) is 5.56 Å². The highest BCUT2D eigenvalue weighted by molar-refractivity contribution is 5.30. The van der Waals surface area contributed by atoms with Crippen molar-refractivity contribution in [2.45, 2.75) is 19.3 Å². The van der Waals surface area contributed by atoms with Gasteiger partial charge in [-0.25, -0.2) is 13.8 Å². The lowest BCUT2D eigenvalue weighted by molar-refractivity contribution is 0.117. The van der Waals surface area contributed by atoms with Gasteiger partial charge in [-0.05, 0) is 18.6 Å². The summed E-state index contributed by atoms with van der Waals surface area (Å²) in [7, 11) is 1.49. The zero-order valence-electron chi connectivity index (χ0n) is 8.71. The van der Waals surface area contributed by atoms with Crippen LogP contribution >= 0.6 is 0 Å². The van der Waals surface area contributed by atoms with Crippen molar-refractivity contribution in [1.82, 2.24) is 4.98 Å². The van der Waals surface area contributed by atoms with Crippen LogP contribution in [0.25, 0.3) is 0 Å². The van der Waals surface area contributed by atoms with E-state index in [1.807, 2.05) is 0 Å². The number of alkyl halides is 2. The molecule has 0 fully saturated rings. The average Bonchev–Trinajstić information content (AvgIpc) is 2.18. The molecule has 1 unspecified atom stereocenters. The molecule has 0 bridgehead atoms. The van der Waals surface area contributed by atoms with E-state index in [0.29, 0.717) is 11.4 Å². The Morgan fingerprint density at radius 2 is 2.20 bits per heavy atom. The molecule has 0 radical (unpaired) electrons. The summed E-state index contributed by atoms with van der Waals surface area (Å²) in [5.74, 6) is -0.508. The maximum atomic E-state index is 12.6. The van der Waals surface area contributed by atoms with Gasteiger partial charge in [0.2, 0.25) is 12.3 Å². The molecule has 3 nitrogen and oxygen atoms in total. The topological polar surface area (TPSA) is 48.1 Å². The van der Waals surface area contributed by atoms with Gasteiger partial charge in [-0.2, -0.15) is 0 Å². The van der Waals surface area contributed by atoms with Crippen molar-refractivity contribution >= 4 is 0 Å². The fourth-order valence-electron chi connectivity index (χ4n) is 1.38. The van der Waals surface area contributed by atoms with E-state index in [1.165, 1.54) is 13.3 Å². The number of halogens is 2. The first-order valence-electron chi connectivity index (χ1n) is 4.59. The molecule has 1 heterocycles. The third-order valence-corrected chi connectivity index (χ3v) is 2.23. The maximum absolute atomic E-state index is 12.6. The minimum Gasteiger partial charge on any atom is -0.481 e. The molecule has 0 aliphatic rings. The minimum atomic E-state index is -2.47. The number of pyridine rings is 1. The van der Waals surface area contributed by atoms with Crippen LogP contribution in [-0.4, -0.2) is 25.1 Å². The second kappa shape index (κ2) is 5.02. The summed E-state index contributed by atoms with van der Waals surface area (Å²) in [5, 5.41) is 0. The van der Waals surface area contributed by atoms with Crippen LogP contribution in [0, 0.1) is 6.92 Å². The number of nitrogens with two attached hydrogens (primary N) is 1. The highest BCUT2D eigenvalue weighted by Gasteiger charge is 2.21. The van der Waals surface area contributed by atoms with E-state index in [-0.39, 0.29) is 6.54 Å². The summed E-state index contributed by atoms with van der Waals surface area (Å²) in [5.41, 5.74) is 6.47. The fraction of sp³-hybridized carbons (Fsp3) is 0.500. The van der Waals surface area contributed by atoms with Crippen LogP contribution in [0.3, 0.4) is 0 Å². The molecule has 1 rings (SSSR count). The van der Waals surface area contributed by atoms with Crippen molar-refractivity contribution < 1.29 is 13.5 Å². The van der Waals surface area contributed by atoms with Crippen molar-refractivity contribution in [2.24, 2.45) is 5.73 Å². The summed E-state index contributed by atoms with van der Waals surface area (Å²) in [4.78, 5) is 3.94. The zero-order valence-corrected chi connectivity index (χ0v) is 8.71. The molecule has 1 aromatic rings. The zero-order chi connectivity index (χ0) is 11.4. The second-order valence-electron chi connectivity index (χ2n) is 3.27. The summed E-state index contributed by atoms with van der Waals surface area (Å²) in [6, 6.07) is 1.63. The lowest BCUT2D eigenvalue weighted by atomic mass is 10.0. The number of rotatable bonds is 4. The van der Waals surface area contributed by atoms with Crippen molar-refractivity contribution in [1.29, 1.82) is 0 Å². The number of methoxy groups -OCH3 is 1. The van der Waals surface area contributed by atoms with Crippen LogP contribution in [0.5, 0.6) is 5.88 Å². The van der Waals surface area contributed by atoms with Crippen molar-refractivity contribution in [2.75, 3.05) is 13.7 Å². The number of aromatic nitrogens is 1. The SMILES string of the molecule is COc1ncc(C(CN)C(F)F)cc1C. The molecule has 0 saturated carbocycles. The van der Waals surface area contributed by atoms with Crippen molar-refractivity contribution in [3.8, 4) is 5.88 Å². The molecular weight excluding hydrogens is 202 g/mol. The van der Waals surface area contributed by atoms with Crippen molar-refractivity contribution in [3.63, 3.8) is 0 Å². The maximum Gasteiger partial charge on any atom is 0.246 e. The largest absolute Gasteiger partial charge is 0.481 e. The Morgan fingerprint density at radius 1 is 1.53 bits per heavy atom. The average molecular weight is 216 g/mol. The second-order valence-corrected chi connectivity index (χ2v) is 3.27. The number of hydrogen-bond acceptors (Lipinski definition) is 3. The van der Waals surface area contributed by atoms with E-state index in [9.17, 15) is 8.78 Å². The quantitative estimate of drug-likeness (QED) is 0.833. The molecule has 0 aliphatic carbocycles. The van der Waals surface area contributed by atoms with Crippen LogP contribution < -0.4 is 10.5 Å². The van der Waals surface area contributed by atoms with Gasteiger partial charge in [0, 0.05) is 18.3 Å². The normalized spacial score (nSPS) is 12.9. The predicted molar refractivity (Wildman–Crippen MR) is 53.3 cm³/mol. The van der Waals surface area contributed by atoms with E-state index in [1.54, 1.807) is 13.0 Å². The van der Waals surface area contributed by atoms with Gasteiger partial charge in [0.05, 0.1) is 13.0 Å². The van der Waals surface area contributed by atoms with E-state index in [4.69, 9.17) is 10.5 Å². The fourth-order valence-corrected chi connectivity index (χ4v) is 1.38. The van der Waals surface area contributed by atoms with Crippen LogP contribution in [0.4, 0.5) is 8.78 Å². The lowest BCUT2D eigenvalue weighted by Gasteiger charge is -2.14. The van der Waals surface area contributed by atoms with Gasteiger partial charge in [-0.3, -0.25) is 0 Å². The van der Waals surface area contributed by atoms with E-state index < -0.39 is 12.3 Å². The highest BCUT2D eigenvalue weighted by atomic mass is 19.3. The standard InChI is InChI=1S/C10H14F2N2O/c1-6-3-7(5-14-10(6)15-2)8(4-13)9(11)12/h3,5,8-9H,4,13H2,1-2H3. The van der Waals surface area contributed by atoms with Gasteiger partial charge in [-0.15, -0.1) is 0 Å². The molecule has 15 heavy (non-hydrogen) atoms. The van der Waals surface area contributed by atoms with Gasteiger partial charge >= 0.3 is 0 Å². The predicted octanol–water partition coefficient (Wildman–Crippen LogP) is 1.71. The molecule has 5 heteroatoms. The molecule has 84 valence electrons. The smallest absolute Gasteiger partial charge is 0.246 e. The van der Waals surface area contributed by atoms with Gasteiger partial charge in [0.25, 0.3) is 0 Å². The van der Waals surface area contributed by atoms with Crippen molar-refractivity contribution in [3.05, 3.63) is 23.4 Å². The minimum absolute atomic E-state index is 0.0921. The Bertz CT molecular complexity index is 331. The molecule has 2 N–H and O–H groups in total. The monoisotopic (exact) mass is 216 g/mol. The Kier molecular flexibility index (Phi) is 3.96. The summed E-state index contributed by atoms with van der Waals surface area (Å²) < 4.78 is 30.1. The van der Waals surface area contributed by atoms with E-state index in [2.05, 4.69) is 4.98 Å². The molecule has 0 aliphatic heterocycles. The number of nitrogens with zero attached hydrogens (tertiary/aromatic N) is 1. The van der Waals surface area contributed by atoms with E-state index >= 15 is 0 Å². The first-order valence-corrected chi connectivity index (χ1v) is 4.59. The summed E-state index contributed by atoms with van der Waals surface area (Å²) in [6.45, 7) is 1.67. The molecule has 1 atom stereocenters. The van der Waals surface area contributed by atoms with Gasteiger partial charge < -0.3 is 10.5 Å². The molecule has 0 saturated heterocycles. The first kappa shape index (κ1) is 11.8. The number of aryl methyl sites for hydroxylation is 1. The first-order chi connectivity index (χ1) is 7.10. The molecule has 0 amide bonds. The summed E-state index contributed by atoms with van der Waals surface area (Å²) >= 11 is 0.